The lowest BCUT2D eigenvalue weighted by Gasteiger charge is -2.27. The third-order valence-corrected chi connectivity index (χ3v) is 5.55. The lowest BCUT2D eigenvalue weighted by atomic mass is 10.2. The molecule has 2 heterocycles. The highest BCUT2D eigenvalue weighted by atomic mass is 32.1. The van der Waals surface area contributed by atoms with Gasteiger partial charge in [-0.25, -0.2) is 4.98 Å². The van der Waals surface area contributed by atoms with Crippen LogP contribution < -0.4 is 5.32 Å². The Morgan fingerprint density at radius 2 is 2.13 bits per heavy atom. The number of aryl methyl sites for hydroxylation is 2. The van der Waals surface area contributed by atoms with Crippen molar-refractivity contribution in [1.29, 1.82) is 0 Å². The highest BCUT2D eigenvalue weighted by Gasteiger charge is 2.24. The summed E-state index contributed by atoms with van der Waals surface area (Å²) in [7, 11) is 0. The number of carbonyl (C=O) groups excluding carboxylic acids is 2. The molecule has 124 valence electrons. The van der Waals surface area contributed by atoms with Gasteiger partial charge in [0.1, 0.15) is 6.54 Å². The molecule has 2 amide bonds. The number of amides is 2. The Morgan fingerprint density at radius 3 is 2.65 bits per heavy atom. The van der Waals surface area contributed by atoms with Crippen LogP contribution in [0.4, 0.5) is 5.13 Å². The van der Waals surface area contributed by atoms with Crippen molar-refractivity contribution >= 4 is 39.6 Å². The SMILES string of the molecule is CC[C@H](C)N(CC(=O)Nc1nc(C)c(C)s1)C(=O)c1cccs1. The minimum absolute atomic E-state index is 0.00452. The van der Waals surface area contributed by atoms with Crippen LogP contribution in [0.25, 0.3) is 0 Å². The number of rotatable bonds is 6. The molecule has 0 aromatic carbocycles. The molecule has 0 aliphatic rings. The lowest BCUT2D eigenvalue weighted by molar-refractivity contribution is -0.117. The van der Waals surface area contributed by atoms with Crippen LogP contribution in [-0.4, -0.2) is 34.3 Å². The lowest BCUT2D eigenvalue weighted by Crippen LogP contribution is -2.43. The maximum absolute atomic E-state index is 12.6. The fraction of sp³-hybridized carbons (Fsp3) is 0.438. The predicted molar refractivity (Wildman–Crippen MR) is 95.3 cm³/mol. The van der Waals surface area contributed by atoms with E-state index < -0.39 is 0 Å². The van der Waals surface area contributed by atoms with Gasteiger partial charge >= 0.3 is 0 Å². The zero-order valence-electron chi connectivity index (χ0n) is 13.8. The van der Waals surface area contributed by atoms with Gasteiger partial charge in [-0.1, -0.05) is 13.0 Å². The third-order valence-electron chi connectivity index (χ3n) is 3.70. The third kappa shape index (κ3) is 4.39. The molecule has 1 atom stereocenters. The smallest absolute Gasteiger partial charge is 0.264 e. The molecule has 0 saturated carbocycles. The van der Waals surface area contributed by atoms with Gasteiger partial charge in [-0.3, -0.25) is 9.59 Å². The Bertz CT molecular complexity index is 660. The van der Waals surface area contributed by atoms with Crippen molar-refractivity contribution in [1.82, 2.24) is 9.88 Å². The Balaban J connectivity index is 2.08. The molecule has 0 fully saturated rings. The van der Waals surface area contributed by atoms with Crippen LogP contribution in [0.5, 0.6) is 0 Å². The largest absolute Gasteiger partial charge is 0.326 e. The Labute approximate surface area is 144 Å². The van der Waals surface area contributed by atoms with E-state index in [1.807, 2.05) is 39.1 Å². The van der Waals surface area contributed by atoms with Crippen LogP contribution in [0.3, 0.4) is 0 Å². The van der Waals surface area contributed by atoms with Gasteiger partial charge in [-0.2, -0.15) is 0 Å². The topological polar surface area (TPSA) is 62.3 Å². The van der Waals surface area contributed by atoms with Gasteiger partial charge in [-0.15, -0.1) is 22.7 Å². The first-order valence-corrected chi connectivity index (χ1v) is 9.20. The minimum Gasteiger partial charge on any atom is -0.326 e. The van der Waals surface area contributed by atoms with Crippen LogP contribution in [0.2, 0.25) is 0 Å². The number of anilines is 1. The van der Waals surface area contributed by atoms with Crippen LogP contribution in [0.15, 0.2) is 17.5 Å². The van der Waals surface area contributed by atoms with Gasteiger partial charge < -0.3 is 10.2 Å². The van der Waals surface area contributed by atoms with Crippen molar-refractivity contribution < 1.29 is 9.59 Å². The maximum atomic E-state index is 12.6. The number of hydrogen-bond acceptors (Lipinski definition) is 5. The van der Waals surface area contributed by atoms with E-state index in [4.69, 9.17) is 0 Å². The number of aromatic nitrogens is 1. The summed E-state index contributed by atoms with van der Waals surface area (Å²) in [6.07, 6.45) is 0.792. The molecule has 7 heteroatoms. The monoisotopic (exact) mass is 351 g/mol. The predicted octanol–water partition coefficient (Wildman–Crippen LogP) is 3.70. The molecule has 2 aromatic heterocycles. The van der Waals surface area contributed by atoms with Crippen LogP contribution in [0, 0.1) is 13.8 Å². The van der Waals surface area contributed by atoms with E-state index in [9.17, 15) is 9.59 Å². The van der Waals surface area contributed by atoms with Gasteiger partial charge in [-0.05, 0) is 38.6 Å². The number of carbonyl (C=O) groups is 2. The number of nitrogens with zero attached hydrogens (tertiary/aromatic N) is 2. The number of nitrogens with one attached hydrogen (secondary N) is 1. The van der Waals surface area contributed by atoms with Crippen molar-refractivity contribution in [3.8, 4) is 0 Å². The van der Waals surface area contributed by atoms with E-state index in [-0.39, 0.29) is 24.4 Å². The summed E-state index contributed by atoms with van der Waals surface area (Å²) in [5.74, 6) is -0.319. The van der Waals surface area contributed by atoms with Gasteiger partial charge in [0.2, 0.25) is 5.91 Å². The normalized spacial score (nSPS) is 12.0. The van der Waals surface area contributed by atoms with E-state index in [1.54, 1.807) is 11.0 Å². The summed E-state index contributed by atoms with van der Waals surface area (Å²) in [5, 5.41) is 5.24. The average molecular weight is 351 g/mol. The second-order valence-electron chi connectivity index (χ2n) is 5.38. The summed E-state index contributed by atoms with van der Waals surface area (Å²) in [5.41, 5.74) is 0.916. The van der Waals surface area contributed by atoms with E-state index in [0.29, 0.717) is 10.0 Å². The number of hydrogen-bond donors (Lipinski definition) is 1. The molecule has 0 saturated heterocycles. The van der Waals surface area contributed by atoms with E-state index in [1.165, 1.54) is 22.7 Å². The molecule has 0 aliphatic heterocycles. The Kier molecular flexibility index (Phi) is 5.90. The number of thiazole rings is 1. The van der Waals surface area contributed by atoms with Crippen LogP contribution in [-0.2, 0) is 4.79 Å². The van der Waals surface area contributed by atoms with E-state index >= 15 is 0 Å². The molecule has 0 aliphatic carbocycles. The highest BCUT2D eigenvalue weighted by molar-refractivity contribution is 7.15. The van der Waals surface area contributed by atoms with Crippen molar-refractivity contribution in [3.05, 3.63) is 33.0 Å². The van der Waals surface area contributed by atoms with Crippen molar-refractivity contribution in [2.45, 2.75) is 40.2 Å². The van der Waals surface area contributed by atoms with Crippen LogP contribution >= 0.6 is 22.7 Å². The van der Waals surface area contributed by atoms with Gasteiger partial charge in [0.05, 0.1) is 10.6 Å². The fourth-order valence-electron chi connectivity index (χ4n) is 2.03. The van der Waals surface area contributed by atoms with Gasteiger partial charge in [0, 0.05) is 10.9 Å². The first-order chi connectivity index (χ1) is 10.9. The summed E-state index contributed by atoms with van der Waals surface area (Å²) in [4.78, 5) is 32.6. The molecule has 0 radical (unpaired) electrons. The quantitative estimate of drug-likeness (QED) is 0.863. The second-order valence-corrected chi connectivity index (χ2v) is 7.53. The standard InChI is InChI=1S/C16H21N3O2S2/c1-5-10(2)19(15(21)13-7-6-8-22-13)9-14(20)18-16-17-11(3)12(4)23-16/h6-8,10H,5,9H2,1-4H3,(H,17,18,20)/t10-/m0/s1. The molecule has 2 rings (SSSR count). The molecule has 0 bridgehead atoms. The molecule has 23 heavy (non-hydrogen) atoms. The summed E-state index contributed by atoms with van der Waals surface area (Å²) < 4.78 is 0. The minimum atomic E-state index is -0.219. The molecule has 1 N–H and O–H groups in total. The molecule has 5 nitrogen and oxygen atoms in total. The Hall–Kier alpha value is -1.73. The first-order valence-electron chi connectivity index (χ1n) is 7.50. The molecular formula is C16H21N3O2S2. The van der Waals surface area contributed by atoms with Gasteiger partial charge in [0.25, 0.3) is 5.91 Å². The maximum Gasteiger partial charge on any atom is 0.264 e. The molecule has 0 spiro atoms. The molecule has 0 unspecified atom stereocenters. The van der Waals surface area contributed by atoms with Gasteiger partial charge in [0.15, 0.2) is 5.13 Å². The first kappa shape index (κ1) is 17.6. The second kappa shape index (κ2) is 7.70. The average Bonchev–Trinajstić information content (AvgIpc) is 3.14. The molecule has 2 aromatic rings. The van der Waals surface area contributed by atoms with E-state index in [0.717, 1.165) is 17.0 Å². The zero-order chi connectivity index (χ0) is 17.0. The zero-order valence-corrected chi connectivity index (χ0v) is 15.4. The van der Waals surface area contributed by atoms with Crippen molar-refractivity contribution in [2.75, 3.05) is 11.9 Å². The highest BCUT2D eigenvalue weighted by Crippen LogP contribution is 2.21. The number of thiophene rings is 1. The van der Waals surface area contributed by atoms with Crippen molar-refractivity contribution in [3.63, 3.8) is 0 Å². The van der Waals surface area contributed by atoms with Crippen molar-refractivity contribution in [2.24, 2.45) is 0 Å². The summed E-state index contributed by atoms with van der Waals surface area (Å²) in [6, 6.07) is 3.62. The molecular weight excluding hydrogens is 330 g/mol. The summed E-state index contributed by atoms with van der Waals surface area (Å²) in [6.45, 7) is 7.87. The summed E-state index contributed by atoms with van der Waals surface area (Å²) >= 11 is 2.84. The van der Waals surface area contributed by atoms with E-state index in [2.05, 4.69) is 10.3 Å². The Morgan fingerprint density at radius 1 is 1.39 bits per heavy atom. The fourth-order valence-corrected chi connectivity index (χ4v) is 3.54. The van der Waals surface area contributed by atoms with Crippen LogP contribution in [0.1, 0.15) is 40.5 Å².